The molecular formula is C16H14Cl2N2O3S. The lowest BCUT2D eigenvalue weighted by Crippen LogP contribution is -2.40. The van der Waals surface area contributed by atoms with E-state index in [1.54, 1.807) is 29.2 Å². The summed E-state index contributed by atoms with van der Waals surface area (Å²) in [7, 11) is 0. The average molecular weight is 385 g/mol. The maximum Gasteiger partial charge on any atom is 0.294 e. The van der Waals surface area contributed by atoms with Crippen molar-refractivity contribution < 1.29 is 14.4 Å². The maximum atomic E-state index is 12.4. The van der Waals surface area contributed by atoms with Gasteiger partial charge in [-0.25, -0.2) is 0 Å². The number of thioether (sulfide) groups is 1. The number of hydrogen-bond donors (Lipinski definition) is 0. The molecule has 0 radical (unpaired) electrons. The van der Waals surface area contributed by atoms with E-state index in [2.05, 4.69) is 0 Å². The summed E-state index contributed by atoms with van der Waals surface area (Å²) in [6.07, 6.45) is 3.47. The Morgan fingerprint density at radius 1 is 1.21 bits per heavy atom. The number of carbonyl (C=O) groups excluding carboxylic acids is 3. The topological polar surface area (TPSA) is 57.7 Å². The molecule has 24 heavy (non-hydrogen) atoms. The van der Waals surface area contributed by atoms with E-state index in [4.69, 9.17) is 23.2 Å². The molecule has 0 atom stereocenters. The first-order chi connectivity index (χ1) is 11.5. The van der Waals surface area contributed by atoms with Crippen LogP contribution in [-0.4, -0.2) is 46.5 Å². The number of carbonyl (C=O) groups is 3. The molecule has 0 N–H and O–H groups in total. The Morgan fingerprint density at radius 2 is 1.92 bits per heavy atom. The second kappa shape index (κ2) is 7.17. The molecule has 2 fully saturated rings. The van der Waals surface area contributed by atoms with E-state index in [1.165, 1.54) is 0 Å². The minimum atomic E-state index is -0.469. The van der Waals surface area contributed by atoms with Gasteiger partial charge in [-0.3, -0.25) is 19.3 Å². The summed E-state index contributed by atoms with van der Waals surface area (Å²) >= 11 is 12.7. The fourth-order valence-electron chi connectivity index (χ4n) is 2.60. The fourth-order valence-corrected chi connectivity index (χ4v) is 3.89. The molecular weight excluding hydrogens is 371 g/mol. The summed E-state index contributed by atoms with van der Waals surface area (Å²) in [5.74, 6) is -0.663. The molecule has 1 aromatic rings. The molecule has 3 amide bonds. The highest BCUT2D eigenvalue weighted by atomic mass is 35.5. The van der Waals surface area contributed by atoms with Crippen LogP contribution in [0.3, 0.4) is 0 Å². The summed E-state index contributed by atoms with van der Waals surface area (Å²) < 4.78 is 0. The third-order valence-corrected chi connectivity index (χ3v) is 5.34. The lowest BCUT2D eigenvalue weighted by molar-refractivity contribution is -0.135. The van der Waals surface area contributed by atoms with Gasteiger partial charge in [0.2, 0.25) is 5.91 Å². The van der Waals surface area contributed by atoms with Crippen LogP contribution in [0, 0.1) is 0 Å². The Labute approximate surface area is 153 Å². The zero-order valence-corrected chi connectivity index (χ0v) is 15.0. The Kier molecular flexibility index (Phi) is 5.18. The lowest BCUT2D eigenvalue weighted by Gasteiger charge is -2.18. The van der Waals surface area contributed by atoms with Crippen LogP contribution >= 0.6 is 35.0 Å². The van der Waals surface area contributed by atoms with Gasteiger partial charge in [-0.1, -0.05) is 29.3 Å². The smallest absolute Gasteiger partial charge is 0.294 e. The molecule has 2 aliphatic rings. The van der Waals surface area contributed by atoms with Crippen molar-refractivity contribution in [1.29, 1.82) is 0 Å². The number of imide groups is 1. The first kappa shape index (κ1) is 17.3. The molecule has 0 spiro atoms. The molecule has 0 aromatic heterocycles. The van der Waals surface area contributed by atoms with Crippen LogP contribution < -0.4 is 0 Å². The van der Waals surface area contributed by atoms with Crippen molar-refractivity contribution in [3.05, 3.63) is 38.7 Å². The molecule has 0 aliphatic carbocycles. The number of likely N-dealkylation sites (tertiary alicyclic amines) is 1. The van der Waals surface area contributed by atoms with Crippen LogP contribution in [0.5, 0.6) is 0 Å². The van der Waals surface area contributed by atoms with Gasteiger partial charge in [0.05, 0.1) is 4.91 Å². The van der Waals surface area contributed by atoms with Gasteiger partial charge in [-0.15, -0.1) is 0 Å². The second-order valence-electron chi connectivity index (χ2n) is 5.52. The quantitative estimate of drug-likeness (QED) is 0.746. The molecule has 3 rings (SSSR count). The van der Waals surface area contributed by atoms with E-state index >= 15 is 0 Å². The number of amides is 3. The molecule has 0 saturated carbocycles. The van der Waals surface area contributed by atoms with Gasteiger partial charge < -0.3 is 4.90 Å². The predicted octanol–water partition coefficient (Wildman–Crippen LogP) is 3.65. The van der Waals surface area contributed by atoms with Gasteiger partial charge in [0, 0.05) is 23.1 Å². The van der Waals surface area contributed by atoms with Crippen LogP contribution in [0.15, 0.2) is 23.1 Å². The minimum absolute atomic E-state index is 0.194. The molecule has 1 aromatic carbocycles. The van der Waals surface area contributed by atoms with E-state index < -0.39 is 11.1 Å². The van der Waals surface area contributed by atoms with E-state index in [-0.39, 0.29) is 17.4 Å². The third kappa shape index (κ3) is 3.61. The average Bonchev–Trinajstić information content (AvgIpc) is 3.15. The van der Waals surface area contributed by atoms with Gasteiger partial charge in [-0.05, 0) is 48.4 Å². The molecule has 0 unspecified atom stereocenters. The predicted molar refractivity (Wildman–Crippen MR) is 95.0 cm³/mol. The first-order valence-corrected chi connectivity index (χ1v) is 9.01. The zero-order valence-electron chi connectivity index (χ0n) is 12.6. The van der Waals surface area contributed by atoms with Gasteiger partial charge in [-0.2, -0.15) is 0 Å². The van der Waals surface area contributed by atoms with E-state index in [9.17, 15) is 14.4 Å². The van der Waals surface area contributed by atoms with E-state index in [0.717, 1.165) is 29.5 Å². The molecule has 8 heteroatoms. The van der Waals surface area contributed by atoms with Gasteiger partial charge in [0.1, 0.15) is 6.54 Å². The molecule has 0 bridgehead atoms. The first-order valence-electron chi connectivity index (χ1n) is 7.44. The highest BCUT2D eigenvalue weighted by Gasteiger charge is 2.37. The van der Waals surface area contributed by atoms with Crippen molar-refractivity contribution in [3.63, 3.8) is 0 Å². The van der Waals surface area contributed by atoms with Crippen molar-refractivity contribution in [2.45, 2.75) is 12.8 Å². The van der Waals surface area contributed by atoms with Crippen LogP contribution in [0.1, 0.15) is 18.4 Å². The van der Waals surface area contributed by atoms with Crippen molar-refractivity contribution in [2.75, 3.05) is 19.6 Å². The summed E-state index contributed by atoms with van der Waals surface area (Å²) in [6.45, 7) is 1.16. The number of benzene rings is 1. The van der Waals surface area contributed by atoms with Gasteiger partial charge >= 0.3 is 0 Å². The SMILES string of the molecule is O=C(CN1C(=O)S/C(=C/c2ccc(Cl)cc2Cl)C1=O)N1CCCC1. The maximum absolute atomic E-state index is 12.4. The van der Waals surface area contributed by atoms with Crippen molar-refractivity contribution in [3.8, 4) is 0 Å². The van der Waals surface area contributed by atoms with Crippen LogP contribution in [-0.2, 0) is 9.59 Å². The Balaban J connectivity index is 1.75. The second-order valence-corrected chi connectivity index (χ2v) is 7.36. The van der Waals surface area contributed by atoms with E-state index in [1.807, 2.05) is 0 Å². The Morgan fingerprint density at radius 3 is 2.58 bits per heavy atom. The van der Waals surface area contributed by atoms with Crippen LogP contribution in [0.25, 0.3) is 6.08 Å². The molecule has 2 heterocycles. The summed E-state index contributed by atoms with van der Waals surface area (Å²) in [5.41, 5.74) is 0.595. The molecule has 126 valence electrons. The standard InChI is InChI=1S/C16H14Cl2N2O3S/c17-11-4-3-10(12(18)8-11)7-13-15(22)20(16(23)24-13)9-14(21)19-5-1-2-6-19/h3-4,7-8H,1-2,5-6,9H2/b13-7+. The monoisotopic (exact) mass is 384 g/mol. The highest BCUT2D eigenvalue weighted by Crippen LogP contribution is 2.34. The fraction of sp³-hybridized carbons (Fsp3) is 0.312. The largest absolute Gasteiger partial charge is 0.341 e. The van der Waals surface area contributed by atoms with Crippen LogP contribution in [0.4, 0.5) is 4.79 Å². The van der Waals surface area contributed by atoms with Gasteiger partial charge in [0.25, 0.3) is 11.1 Å². The van der Waals surface area contributed by atoms with Crippen molar-refractivity contribution in [2.24, 2.45) is 0 Å². The van der Waals surface area contributed by atoms with E-state index in [0.29, 0.717) is 28.7 Å². The highest BCUT2D eigenvalue weighted by molar-refractivity contribution is 8.18. The number of halogens is 2. The normalized spacial score (nSPS) is 19.7. The Bertz CT molecular complexity index is 745. The number of rotatable bonds is 3. The van der Waals surface area contributed by atoms with Crippen LogP contribution in [0.2, 0.25) is 10.0 Å². The minimum Gasteiger partial charge on any atom is -0.341 e. The number of hydrogen-bond acceptors (Lipinski definition) is 4. The summed E-state index contributed by atoms with van der Waals surface area (Å²) in [5, 5.41) is 0.438. The number of nitrogens with zero attached hydrogens (tertiary/aromatic N) is 2. The Hall–Kier alpha value is -1.50. The third-order valence-electron chi connectivity index (χ3n) is 3.87. The zero-order chi connectivity index (χ0) is 17.3. The van der Waals surface area contributed by atoms with Gasteiger partial charge in [0.15, 0.2) is 0 Å². The molecule has 5 nitrogen and oxygen atoms in total. The molecule has 2 aliphatic heterocycles. The lowest BCUT2D eigenvalue weighted by atomic mass is 10.2. The van der Waals surface area contributed by atoms with Crippen molar-refractivity contribution in [1.82, 2.24) is 9.80 Å². The van der Waals surface area contributed by atoms with Crippen molar-refractivity contribution >= 4 is 58.1 Å². The molecule has 2 saturated heterocycles. The summed E-state index contributed by atoms with van der Waals surface area (Å²) in [6, 6.07) is 4.89. The summed E-state index contributed by atoms with van der Waals surface area (Å²) in [4.78, 5) is 39.6.